The van der Waals surface area contributed by atoms with E-state index >= 15 is 0 Å². The Kier molecular flexibility index (Phi) is 3.01. The van der Waals surface area contributed by atoms with E-state index in [9.17, 15) is 14.9 Å². The molecule has 0 fully saturated rings. The molecule has 0 radical (unpaired) electrons. The lowest BCUT2D eigenvalue weighted by molar-refractivity contribution is -0.384. The second-order valence-electron chi connectivity index (χ2n) is 2.53. The molecule has 0 bridgehead atoms. The number of nitro groups is 1. The summed E-state index contributed by atoms with van der Waals surface area (Å²) in [6.45, 7) is 0.0212. The quantitative estimate of drug-likeness (QED) is 0.580. The number of hydrogen-bond donors (Lipinski definition) is 1. The maximum atomic E-state index is 10.3. The maximum Gasteiger partial charge on any atom is 0.404 e. The van der Waals surface area contributed by atoms with Gasteiger partial charge < -0.3 is 10.5 Å². The summed E-state index contributed by atoms with van der Waals surface area (Å²) in [6.07, 6.45) is -0.872. The van der Waals surface area contributed by atoms with Gasteiger partial charge in [-0.15, -0.1) is 0 Å². The van der Waals surface area contributed by atoms with Crippen molar-refractivity contribution in [2.24, 2.45) is 5.73 Å². The Bertz CT molecular complexity index is 347. The van der Waals surface area contributed by atoms with Gasteiger partial charge in [-0.3, -0.25) is 10.1 Å². The van der Waals surface area contributed by atoms with Crippen LogP contribution in [0, 0.1) is 10.1 Å². The second kappa shape index (κ2) is 4.22. The summed E-state index contributed by atoms with van der Waals surface area (Å²) >= 11 is 0. The highest BCUT2D eigenvalue weighted by molar-refractivity contribution is 5.64. The first-order valence-electron chi connectivity index (χ1n) is 3.75. The molecule has 1 amide bonds. The third kappa shape index (κ3) is 2.74. The van der Waals surface area contributed by atoms with Crippen molar-refractivity contribution < 1.29 is 14.5 Å². The van der Waals surface area contributed by atoms with Gasteiger partial charge in [-0.05, 0) is 17.7 Å². The largest absolute Gasteiger partial charge is 0.445 e. The second-order valence-corrected chi connectivity index (χ2v) is 2.53. The van der Waals surface area contributed by atoms with Crippen molar-refractivity contribution in [2.75, 3.05) is 0 Å². The molecular weight excluding hydrogens is 188 g/mol. The molecule has 1 aromatic carbocycles. The lowest BCUT2D eigenvalue weighted by Gasteiger charge is -2.00. The lowest BCUT2D eigenvalue weighted by Crippen LogP contribution is -2.12. The highest BCUT2D eigenvalue weighted by Crippen LogP contribution is 2.12. The van der Waals surface area contributed by atoms with Crippen LogP contribution in [0.15, 0.2) is 24.3 Å². The van der Waals surface area contributed by atoms with Crippen LogP contribution >= 0.6 is 0 Å². The van der Waals surface area contributed by atoms with Crippen LogP contribution in [-0.4, -0.2) is 11.0 Å². The van der Waals surface area contributed by atoms with Crippen LogP contribution < -0.4 is 5.73 Å². The molecule has 0 saturated heterocycles. The van der Waals surface area contributed by atoms with Crippen LogP contribution in [0.3, 0.4) is 0 Å². The van der Waals surface area contributed by atoms with Crippen LogP contribution in [0.25, 0.3) is 0 Å². The van der Waals surface area contributed by atoms with E-state index in [0.29, 0.717) is 5.56 Å². The Morgan fingerprint density at radius 3 is 2.43 bits per heavy atom. The van der Waals surface area contributed by atoms with Crippen molar-refractivity contribution in [3.05, 3.63) is 39.9 Å². The van der Waals surface area contributed by atoms with Crippen molar-refractivity contribution in [1.82, 2.24) is 0 Å². The van der Waals surface area contributed by atoms with Gasteiger partial charge in [0.05, 0.1) is 4.92 Å². The van der Waals surface area contributed by atoms with Gasteiger partial charge in [0.1, 0.15) is 6.61 Å². The van der Waals surface area contributed by atoms with Gasteiger partial charge in [-0.2, -0.15) is 0 Å². The van der Waals surface area contributed by atoms with Gasteiger partial charge in [-0.1, -0.05) is 0 Å². The molecule has 14 heavy (non-hydrogen) atoms. The molecule has 0 spiro atoms. The van der Waals surface area contributed by atoms with E-state index in [4.69, 9.17) is 5.73 Å². The number of ether oxygens (including phenoxy) is 1. The fourth-order valence-corrected chi connectivity index (χ4v) is 0.868. The Morgan fingerprint density at radius 2 is 2.00 bits per heavy atom. The topological polar surface area (TPSA) is 95.5 Å². The monoisotopic (exact) mass is 196 g/mol. The fraction of sp³-hybridized carbons (Fsp3) is 0.125. The van der Waals surface area contributed by atoms with Crippen LogP contribution in [0.5, 0.6) is 0 Å². The number of nitro benzene ring substituents is 1. The van der Waals surface area contributed by atoms with Gasteiger partial charge in [0.15, 0.2) is 0 Å². The van der Waals surface area contributed by atoms with E-state index in [1.807, 2.05) is 0 Å². The molecule has 0 aliphatic rings. The molecule has 0 aliphatic heterocycles. The van der Waals surface area contributed by atoms with E-state index in [1.54, 1.807) is 0 Å². The normalized spacial score (nSPS) is 9.43. The number of hydrogen-bond acceptors (Lipinski definition) is 4. The molecule has 2 N–H and O–H groups in total. The lowest BCUT2D eigenvalue weighted by atomic mass is 10.2. The number of amides is 1. The number of carbonyl (C=O) groups excluding carboxylic acids is 1. The zero-order chi connectivity index (χ0) is 10.6. The number of primary amides is 1. The average Bonchev–Trinajstić information content (AvgIpc) is 2.15. The molecular formula is C8H8N2O4. The third-order valence-electron chi connectivity index (χ3n) is 1.53. The molecule has 0 aliphatic carbocycles. The molecule has 0 atom stereocenters. The van der Waals surface area contributed by atoms with Crippen LogP contribution in [-0.2, 0) is 11.3 Å². The number of rotatable bonds is 3. The first-order chi connectivity index (χ1) is 6.59. The summed E-state index contributed by atoms with van der Waals surface area (Å²) in [4.78, 5) is 20.0. The SMILES string of the molecule is NC(=O)OCc1ccc([N+](=O)[O-])cc1. The van der Waals surface area contributed by atoms with Gasteiger partial charge in [0, 0.05) is 12.1 Å². The third-order valence-corrected chi connectivity index (χ3v) is 1.53. The molecule has 0 unspecified atom stereocenters. The van der Waals surface area contributed by atoms with E-state index in [2.05, 4.69) is 4.74 Å². The molecule has 6 nitrogen and oxygen atoms in total. The summed E-state index contributed by atoms with van der Waals surface area (Å²) in [5, 5.41) is 10.3. The van der Waals surface area contributed by atoms with Gasteiger partial charge in [-0.25, -0.2) is 4.79 Å². The van der Waals surface area contributed by atoms with Crippen LogP contribution in [0.2, 0.25) is 0 Å². The predicted octanol–water partition coefficient (Wildman–Crippen LogP) is 1.19. The first kappa shape index (κ1) is 9.97. The van der Waals surface area contributed by atoms with Crippen molar-refractivity contribution in [2.45, 2.75) is 6.61 Å². The standard InChI is InChI=1S/C8H8N2O4/c9-8(11)14-5-6-1-3-7(4-2-6)10(12)13/h1-4H,5H2,(H2,9,11). The Hall–Kier alpha value is -2.11. The minimum atomic E-state index is -0.872. The number of carbonyl (C=O) groups is 1. The fourth-order valence-electron chi connectivity index (χ4n) is 0.868. The van der Waals surface area contributed by atoms with E-state index < -0.39 is 11.0 Å². The molecule has 1 aromatic rings. The molecule has 74 valence electrons. The number of nitrogens with zero attached hydrogens (tertiary/aromatic N) is 1. The molecule has 0 heterocycles. The molecule has 0 aromatic heterocycles. The smallest absolute Gasteiger partial charge is 0.404 e. The summed E-state index contributed by atoms with van der Waals surface area (Å²) in [5.41, 5.74) is 5.39. The van der Waals surface area contributed by atoms with Crippen molar-refractivity contribution in [1.29, 1.82) is 0 Å². The van der Waals surface area contributed by atoms with E-state index in [-0.39, 0.29) is 12.3 Å². The Labute approximate surface area is 79.4 Å². The highest BCUT2D eigenvalue weighted by Gasteiger charge is 2.04. The minimum Gasteiger partial charge on any atom is -0.445 e. The summed E-state index contributed by atoms with van der Waals surface area (Å²) in [7, 11) is 0. The van der Waals surface area contributed by atoms with Gasteiger partial charge in [0.25, 0.3) is 5.69 Å². The zero-order valence-electron chi connectivity index (χ0n) is 7.17. The summed E-state index contributed by atoms with van der Waals surface area (Å²) < 4.78 is 4.50. The molecule has 0 saturated carbocycles. The maximum absolute atomic E-state index is 10.3. The van der Waals surface area contributed by atoms with Crippen molar-refractivity contribution in [3.8, 4) is 0 Å². The number of benzene rings is 1. The zero-order valence-corrected chi connectivity index (χ0v) is 7.17. The summed E-state index contributed by atoms with van der Waals surface area (Å²) in [5.74, 6) is 0. The van der Waals surface area contributed by atoms with Crippen molar-refractivity contribution in [3.63, 3.8) is 0 Å². The van der Waals surface area contributed by atoms with E-state index in [0.717, 1.165) is 0 Å². The number of nitrogens with two attached hydrogens (primary N) is 1. The highest BCUT2D eigenvalue weighted by atomic mass is 16.6. The predicted molar refractivity (Wildman–Crippen MR) is 47.5 cm³/mol. The van der Waals surface area contributed by atoms with Crippen molar-refractivity contribution >= 4 is 11.8 Å². The Morgan fingerprint density at radius 1 is 1.43 bits per heavy atom. The van der Waals surface area contributed by atoms with Crippen LogP contribution in [0.4, 0.5) is 10.5 Å². The molecule has 1 rings (SSSR count). The first-order valence-corrected chi connectivity index (χ1v) is 3.75. The van der Waals surface area contributed by atoms with Gasteiger partial charge >= 0.3 is 6.09 Å². The summed E-state index contributed by atoms with van der Waals surface area (Å²) in [6, 6.07) is 5.67. The molecule has 6 heteroatoms. The number of non-ortho nitro benzene ring substituents is 1. The van der Waals surface area contributed by atoms with Crippen LogP contribution in [0.1, 0.15) is 5.56 Å². The minimum absolute atomic E-state index is 0.00664. The Balaban J connectivity index is 2.64. The van der Waals surface area contributed by atoms with E-state index in [1.165, 1.54) is 24.3 Å². The average molecular weight is 196 g/mol. The van der Waals surface area contributed by atoms with Gasteiger partial charge in [0.2, 0.25) is 0 Å².